The number of nitrogens with two attached hydrogens (primary N) is 1. The lowest BCUT2D eigenvalue weighted by Crippen LogP contribution is -2.42. The van der Waals surface area contributed by atoms with Gasteiger partial charge in [-0.15, -0.1) is 11.6 Å². The Balaban J connectivity index is 5.28. The smallest absolute Gasteiger partial charge is 0.324 e. The zero-order valence-electron chi connectivity index (χ0n) is 6.53. The van der Waals surface area contributed by atoms with E-state index in [1.54, 1.807) is 0 Å². The quantitative estimate of drug-likeness (QED) is 0.261. The third-order valence-corrected chi connectivity index (χ3v) is 5.82. The second-order valence-electron chi connectivity index (χ2n) is 2.70. The summed E-state index contributed by atoms with van der Waals surface area (Å²) in [6, 6.07) is 0. The minimum absolute atomic E-state index is 0.914. The molecule has 0 rings (SSSR count). The van der Waals surface area contributed by atoms with Crippen molar-refractivity contribution >= 4 is 26.8 Å². The van der Waals surface area contributed by atoms with Crippen molar-refractivity contribution in [3.8, 4) is 0 Å². The summed E-state index contributed by atoms with van der Waals surface area (Å²) in [5.41, 5.74) is 5.03. The third-order valence-electron chi connectivity index (χ3n) is 1.14. The highest BCUT2D eigenvalue weighted by Gasteiger charge is 2.53. The van der Waals surface area contributed by atoms with Crippen molar-refractivity contribution in [2.75, 3.05) is 0 Å². The van der Waals surface area contributed by atoms with Gasteiger partial charge in [-0.1, -0.05) is 0 Å². The van der Waals surface area contributed by atoms with Crippen LogP contribution in [0.4, 0.5) is 0 Å². The summed E-state index contributed by atoms with van der Waals surface area (Å²) in [5.74, 6) is 0. The van der Waals surface area contributed by atoms with Gasteiger partial charge in [-0.3, -0.25) is 9.13 Å². The molecular weight excluding hydrogens is 243 g/mol. The number of alkyl halides is 1. The molecule has 80 valence electrons. The maximum atomic E-state index is 10.7. The summed E-state index contributed by atoms with van der Waals surface area (Å²) in [6.07, 6.45) is 0. The van der Waals surface area contributed by atoms with Gasteiger partial charge in [0.2, 0.25) is 0 Å². The normalized spacial score (nSPS) is 18.8. The monoisotopic (exact) mass is 253 g/mol. The van der Waals surface area contributed by atoms with E-state index in [-0.39, 0.29) is 0 Å². The molecule has 1 atom stereocenters. The molecule has 0 fully saturated rings. The van der Waals surface area contributed by atoms with Crippen LogP contribution in [-0.2, 0) is 9.13 Å². The van der Waals surface area contributed by atoms with Crippen molar-refractivity contribution in [1.29, 1.82) is 0 Å². The lowest BCUT2D eigenvalue weighted by Gasteiger charge is -2.28. The number of halogens is 1. The van der Waals surface area contributed by atoms with Crippen LogP contribution in [0.15, 0.2) is 0 Å². The second-order valence-corrected chi connectivity index (χ2v) is 7.31. The molecular formula is C3H10ClNO6P2. The van der Waals surface area contributed by atoms with E-state index in [1.807, 2.05) is 0 Å². The van der Waals surface area contributed by atoms with Gasteiger partial charge in [0.25, 0.3) is 0 Å². The van der Waals surface area contributed by atoms with Crippen LogP contribution >= 0.6 is 26.8 Å². The van der Waals surface area contributed by atoms with E-state index in [0.717, 1.165) is 6.92 Å². The van der Waals surface area contributed by atoms with E-state index in [1.165, 1.54) is 0 Å². The van der Waals surface area contributed by atoms with E-state index in [4.69, 9.17) is 36.9 Å². The van der Waals surface area contributed by atoms with Crippen molar-refractivity contribution in [2.24, 2.45) is 5.73 Å². The van der Waals surface area contributed by atoms with Crippen molar-refractivity contribution < 1.29 is 28.7 Å². The molecule has 0 aliphatic carbocycles. The van der Waals surface area contributed by atoms with Crippen LogP contribution in [0.5, 0.6) is 0 Å². The molecule has 0 saturated heterocycles. The summed E-state index contributed by atoms with van der Waals surface area (Å²) >= 11 is 5.26. The molecule has 0 heterocycles. The summed E-state index contributed by atoms with van der Waals surface area (Å²) < 4.78 is 21.3. The Kier molecular flexibility index (Phi) is 3.76. The van der Waals surface area contributed by atoms with Crippen molar-refractivity contribution in [2.45, 2.75) is 17.3 Å². The van der Waals surface area contributed by atoms with Gasteiger partial charge in [-0.2, -0.15) is 0 Å². The zero-order valence-corrected chi connectivity index (χ0v) is 9.08. The number of hydrogen-bond donors (Lipinski definition) is 5. The highest BCUT2D eigenvalue weighted by Crippen LogP contribution is 2.63. The van der Waals surface area contributed by atoms with Crippen LogP contribution in [0.1, 0.15) is 6.92 Å². The number of hydrogen-bond acceptors (Lipinski definition) is 3. The Bertz CT molecular complexity index is 252. The first-order valence-electron chi connectivity index (χ1n) is 2.95. The molecule has 0 aromatic carbocycles. The third kappa shape index (κ3) is 4.06. The summed E-state index contributed by atoms with van der Waals surface area (Å²) in [5, 5.41) is -2.39. The van der Waals surface area contributed by atoms with Gasteiger partial charge in [0.05, 0.1) is 0 Å². The van der Waals surface area contributed by atoms with Gasteiger partial charge in [0.1, 0.15) is 5.00 Å². The predicted octanol–water partition coefficient (Wildman–Crippen LogP) is -0.418. The fourth-order valence-electron chi connectivity index (χ4n) is 0.854. The molecule has 0 saturated carbocycles. The first-order chi connectivity index (χ1) is 5.37. The van der Waals surface area contributed by atoms with Gasteiger partial charge in [-0.05, 0) is 6.92 Å². The highest BCUT2D eigenvalue weighted by molar-refractivity contribution is 7.71. The zero-order chi connectivity index (χ0) is 11.1. The lowest BCUT2D eigenvalue weighted by atomic mass is 10.4. The first kappa shape index (κ1) is 13.5. The van der Waals surface area contributed by atoms with Crippen molar-refractivity contribution in [1.82, 2.24) is 0 Å². The van der Waals surface area contributed by atoms with Gasteiger partial charge >= 0.3 is 15.2 Å². The summed E-state index contributed by atoms with van der Waals surface area (Å²) in [4.78, 5) is 32.2. The number of rotatable bonds is 3. The fourth-order valence-corrected chi connectivity index (χ4v) is 4.50. The average Bonchev–Trinajstić information content (AvgIpc) is 1.44. The molecule has 0 amide bonds. The molecule has 10 heteroatoms. The molecule has 0 radical (unpaired) electrons. The van der Waals surface area contributed by atoms with E-state index < -0.39 is 25.6 Å². The maximum Gasteiger partial charge on any atom is 0.343 e. The maximum absolute atomic E-state index is 10.7. The van der Waals surface area contributed by atoms with Crippen LogP contribution in [0.3, 0.4) is 0 Å². The Morgan fingerprint density at radius 1 is 1.23 bits per heavy atom. The van der Waals surface area contributed by atoms with Gasteiger partial charge in [-0.25, -0.2) is 0 Å². The van der Waals surface area contributed by atoms with Gasteiger partial charge < -0.3 is 25.3 Å². The highest BCUT2D eigenvalue weighted by atomic mass is 35.5. The van der Waals surface area contributed by atoms with Crippen LogP contribution in [0.25, 0.3) is 0 Å². The van der Waals surface area contributed by atoms with Crippen LogP contribution in [0, 0.1) is 0 Å². The first-order valence-corrected chi connectivity index (χ1v) is 6.69. The molecule has 0 aliphatic heterocycles. The largest absolute Gasteiger partial charge is 0.343 e. The average molecular weight is 254 g/mol. The molecule has 0 aromatic rings. The molecule has 0 aliphatic rings. The van der Waals surface area contributed by atoms with E-state index in [0.29, 0.717) is 0 Å². The predicted molar refractivity (Wildman–Crippen MR) is 46.3 cm³/mol. The molecule has 1 unspecified atom stereocenters. The standard InChI is InChI=1S/C3H10ClNO6P2/c1-3(4,5)2(12(6,7)8)13(9,10)11/h2H,5H2,1H3,(H2,6,7,8)(H2,9,10,11). The molecule has 13 heavy (non-hydrogen) atoms. The fraction of sp³-hybridized carbons (Fsp3) is 1.00. The van der Waals surface area contributed by atoms with Gasteiger partial charge in [0.15, 0.2) is 5.40 Å². The molecule has 0 aromatic heterocycles. The molecule has 7 nitrogen and oxygen atoms in total. The van der Waals surface area contributed by atoms with E-state index >= 15 is 0 Å². The Morgan fingerprint density at radius 3 is 1.46 bits per heavy atom. The minimum Gasteiger partial charge on any atom is -0.324 e. The van der Waals surface area contributed by atoms with Crippen LogP contribution < -0.4 is 5.73 Å². The van der Waals surface area contributed by atoms with Crippen molar-refractivity contribution in [3.05, 3.63) is 0 Å². The van der Waals surface area contributed by atoms with Gasteiger partial charge in [0, 0.05) is 0 Å². The van der Waals surface area contributed by atoms with E-state index in [2.05, 4.69) is 0 Å². The van der Waals surface area contributed by atoms with Crippen LogP contribution in [-0.4, -0.2) is 30.0 Å². The summed E-state index contributed by atoms with van der Waals surface area (Å²) in [7, 11) is -10.1. The molecule has 0 spiro atoms. The Morgan fingerprint density at radius 2 is 1.46 bits per heavy atom. The summed E-state index contributed by atoms with van der Waals surface area (Å²) in [6.45, 7) is 0.914. The topological polar surface area (TPSA) is 141 Å². The SMILES string of the molecule is CC(N)(Cl)C(P(=O)(O)O)P(=O)(O)O. The van der Waals surface area contributed by atoms with Crippen molar-refractivity contribution in [3.63, 3.8) is 0 Å². The Labute approximate surface area is 79.2 Å². The molecule has 6 N–H and O–H groups in total. The lowest BCUT2D eigenvalue weighted by molar-refractivity contribution is 0.327. The van der Waals surface area contributed by atoms with Crippen LogP contribution in [0.2, 0.25) is 0 Å². The second kappa shape index (κ2) is 3.61. The minimum atomic E-state index is -5.04. The Hall–Kier alpha value is 0.550. The van der Waals surface area contributed by atoms with E-state index in [9.17, 15) is 9.13 Å². The molecule has 0 bridgehead atoms.